The van der Waals surface area contributed by atoms with Gasteiger partial charge in [0, 0.05) is 33.5 Å². The monoisotopic (exact) mass is 1130 g/mol. The fourth-order valence-electron chi connectivity index (χ4n) is 9.80. The van der Waals surface area contributed by atoms with E-state index in [1.165, 1.54) is 44.9 Å². The molecule has 0 unspecified atom stereocenters. The second-order valence-corrected chi connectivity index (χ2v) is 22.5. The minimum atomic E-state index is -1.53. The summed E-state index contributed by atoms with van der Waals surface area (Å²) in [4.78, 5) is 142. The van der Waals surface area contributed by atoms with Crippen molar-refractivity contribution in [2.75, 3.05) is 41.8 Å². The van der Waals surface area contributed by atoms with Crippen LogP contribution >= 0.6 is 0 Å². The minimum Gasteiger partial charge on any atom is -0.467 e. The topological polar surface area (TPSA) is 296 Å². The fraction of sp³-hybridized carbons (Fsp3) is 0.627. The maximum Gasteiger partial charge on any atom is 0.328 e. The van der Waals surface area contributed by atoms with Crippen molar-refractivity contribution in [3.05, 3.63) is 71.8 Å². The van der Waals surface area contributed by atoms with Crippen LogP contribution < -0.4 is 27.0 Å². The van der Waals surface area contributed by atoms with Gasteiger partial charge in [-0.05, 0) is 95.3 Å². The number of likely N-dealkylation sites (tertiary alicyclic amines) is 1. The number of carbonyl (C=O) groups is 10. The van der Waals surface area contributed by atoms with E-state index in [0.717, 1.165) is 16.0 Å². The Morgan fingerprint density at radius 3 is 1.78 bits per heavy atom. The second kappa shape index (κ2) is 33.1. The van der Waals surface area contributed by atoms with Crippen molar-refractivity contribution in [1.29, 1.82) is 0 Å². The van der Waals surface area contributed by atoms with Gasteiger partial charge in [0.15, 0.2) is 6.10 Å². The summed E-state index contributed by atoms with van der Waals surface area (Å²) in [5.41, 5.74) is 7.18. The van der Waals surface area contributed by atoms with Gasteiger partial charge in [0.05, 0.1) is 25.7 Å². The Balaban J connectivity index is 1.79. The number of aliphatic hydroxyl groups excluding tert-OH is 1. The normalized spacial score (nSPS) is 17.0. The number of aliphatic hydroxyl groups is 1. The van der Waals surface area contributed by atoms with Gasteiger partial charge < -0.3 is 56.3 Å². The van der Waals surface area contributed by atoms with Crippen molar-refractivity contribution in [3.63, 3.8) is 0 Å². The van der Waals surface area contributed by atoms with Gasteiger partial charge in [-0.15, -0.1) is 0 Å². The number of rotatable bonds is 32. The lowest BCUT2D eigenvalue weighted by Gasteiger charge is -2.34. The molecule has 0 radical (unpaired) electrons. The average molecular weight is 1130 g/mol. The maximum absolute atomic E-state index is 14.4. The number of methoxy groups -OCH3 is 1. The highest BCUT2D eigenvalue weighted by Gasteiger charge is 2.42. The molecule has 450 valence electrons. The highest BCUT2D eigenvalue weighted by atomic mass is 16.5. The molecule has 0 aromatic heterocycles. The summed E-state index contributed by atoms with van der Waals surface area (Å²) < 4.78 is 10.6. The molecule has 22 heteroatoms. The number of hydrogen-bond acceptors (Lipinski definition) is 14. The van der Waals surface area contributed by atoms with E-state index in [4.69, 9.17) is 15.2 Å². The third-order valence-corrected chi connectivity index (χ3v) is 14.8. The third kappa shape index (κ3) is 21.2. The van der Waals surface area contributed by atoms with Gasteiger partial charge in [-0.1, -0.05) is 109 Å². The van der Waals surface area contributed by atoms with Crippen LogP contribution in [0.15, 0.2) is 60.7 Å². The van der Waals surface area contributed by atoms with Gasteiger partial charge in [0.25, 0.3) is 5.91 Å². The molecule has 7 N–H and O–H groups in total. The van der Waals surface area contributed by atoms with Crippen molar-refractivity contribution >= 4 is 59.2 Å². The van der Waals surface area contributed by atoms with Crippen LogP contribution in [0.4, 0.5) is 0 Å². The summed E-state index contributed by atoms with van der Waals surface area (Å²) >= 11 is 0. The number of nitrogens with zero attached hydrogens (tertiary/aromatic N) is 4. The molecular formula is C59H91N9O13. The average Bonchev–Trinajstić information content (AvgIpc) is 3.95. The molecule has 0 aliphatic carbocycles. The van der Waals surface area contributed by atoms with Crippen molar-refractivity contribution in [1.82, 2.24) is 40.9 Å². The van der Waals surface area contributed by atoms with Gasteiger partial charge in [-0.2, -0.15) is 0 Å². The lowest BCUT2D eigenvalue weighted by Crippen LogP contribution is -2.59. The third-order valence-electron chi connectivity index (χ3n) is 14.8. The predicted molar refractivity (Wildman–Crippen MR) is 304 cm³/mol. The molecule has 0 spiro atoms. The van der Waals surface area contributed by atoms with Crippen molar-refractivity contribution in [2.45, 2.75) is 180 Å². The van der Waals surface area contributed by atoms with Gasteiger partial charge in [0.1, 0.15) is 42.3 Å². The summed E-state index contributed by atoms with van der Waals surface area (Å²) in [6, 6.07) is 9.79. The Hall–Kier alpha value is -6.94. The van der Waals surface area contributed by atoms with Gasteiger partial charge in [0.2, 0.25) is 41.4 Å². The van der Waals surface area contributed by atoms with Crippen LogP contribution in [0.25, 0.3) is 0 Å². The molecule has 2 aromatic rings. The summed E-state index contributed by atoms with van der Waals surface area (Å²) in [6.07, 6.45) is -1.87. The number of amides is 8. The van der Waals surface area contributed by atoms with Crippen molar-refractivity contribution in [2.24, 2.45) is 23.5 Å². The van der Waals surface area contributed by atoms with Crippen LogP contribution in [0.2, 0.25) is 0 Å². The largest absolute Gasteiger partial charge is 0.467 e. The number of likely N-dealkylation sites (N-methyl/N-ethyl adjacent to an activating group) is 3. The Kier molecular flexibility index (Phi) is 27.9. The lowest BCUT2D eigenvalue weighted by atomic mass is 9.95. The number of carbonyl (C=O) groups excluding carboxylic acids is 10. The highest BCUT2D eigenvalue weighted by molar-refractivity contribution is 5.96. The first kappa shape index (κ1) is 68.3. The molecule has 1 heterocycles. The smallest absolute Gasteiger partial charge is 0.328 e. The molecule has 1 aliphatic rings. The minimum absolute atomic E-state index is 0.120. The molecule has 0 bridgehead atoms. The highest BCUT2D eigenvalue weighted by Crippen LogP contribution is 2.24. The molecule has 3 rings (SSSR count). The standard InChI is InChI=1S/C59H91N9O13/c1-14-37(6)51(54(74)61-38(7)55(75)67(12)46(32-40-22-17-15-18-23-40)57(77)68-29-21-26-45(68)58(78)80-13)64-50(71)34-48(69)42(30-35(2)3)62-53(73)44(27-28-49(60)70)66(11)56(76)43(31-36(4)5)63-52(72)39(8)81-59(79)47(65(9)10)33-41-24-19-16-20-25-41/h15-20,22-25,35-39,42-48,51,69H,14,21,26-34H2,1-13H3,(H2,60,70)(H,61,74)(H,62,73)(H,63,72)(H,64,71)/t37-,38-,39-,42-,43-,44-,45-,46+,47-,48-,51-/m0/s1. The second-order valence-electron chi connectivity index (χ2n) is 22.5. The zero-order valence-corrected chi connectivity index (χ0v) is 49.8. The summed E-state index contributed by atoms with van der Waals surface area (Å²) in [5.74, 6) is -7.45. The van der Waals surface area contributed by atoms with E-state index in [1.807, 2.05) is 83.1 Å². The van der Waals surface area contributed by atoms with Crippen LogP contribution in [0.1, 0.15) is 118 Å². The molecule has 22 nitrogen and oxygen atoms in total. The zero-order chi connectivity index (χ0) is 60.8. The molecule has 1 fully saturated rings. The molecule has 81 heavy (non-hydrogen) atoms. The quantitative estimate of drug-likeness (QED) is 0.0574. The van der Waals surface area contributed by atoms with Crippen LogP contribution in [0.5, 0.6) is 0 Å². The molecule has 0 saturated carbocycles. The van der Waals surface area contributed by atoms with E-state index in [-0.39, 0.29) is 43.9 Å². The van der Waals surface area contributed by atoms with Crippen molar-refractivity contribution in [3.8, 4) is 0 Å². The first-order valence-corrected chi connectivity index (χ1v) is 28.1. The summed E-state index contributed by atoms with van der Waals surface area (Å²) in [6.45, 7) is 14.0. The summed E-state index contributed by atoms with van der Waals surface area (Å²) in [5, 5.41) is 22.6. The number of nitrogens with two attached hydrogens (primary N) is 1. The lowest BCUT2D eigenvalue weighted by molar-refractivity contribution is -0.159. The molecule has 1 saturated heterocycles. The molecule has 8 amide bonds. The van der Waals surface area contributed by atoms with E-state index < -0.39 is 132 Å². The fourth-order valence-corrected chi connectivity index (χ4v) is 9.80. The molecule has 2 aromatic carbocycles. The number of nitrogens with one attached hydrogen (secondary N) is 4. The van der Waals surface area contributed by atoms with E-state index in [9.17, 15) is 53.1 Å². The van der Waals surface area contributed by atoms with Crippen LogP contribution in [0, 0.1) is 17.8 Å². The molecule has 11 atom stereocenters. The Labute approximate surface area is 478 Å². The number of benzene rings is 2. The van der Waals surface area contributed by atoms with Crippen LogP contribution in [0.3, 0.4) is 0 Å². The Morgan fingerprint density at radius 1 is 0.704 bits per heavy atom. The SMILES string of the molecule is CC[C@H](C)[C@H](NC(=O)C[C@H](O)[C@H](CC(C)C)NC(=O)[C@H](CCC(N)=O)N(C)C(=O)[C@H](CC(C)C)NC(=O)[C@H](C)OC(=O)[C@H](Cc1ccccc1)N(C)C)C(=O)N[C@@H](C)C(=O)N(C)[C@H](Cc1ccccc1)C(=O)N1CCC[C@H]1C(=O)OC. The number of esters is 2. The van der Waals surface area contributed by atoms with Crippen LogP contribution in [-0.2, 0) is 70.3 Å². The predicted octanol–water partition coefficient (Wildman–Crippen LogP) is 2.27. The van der Waals surface area contributed by atoms with Gasteiger partial charge in [-0.25, -0.2) is 4.79 Å². The summed E-state index contributed by atoms with van der Waals surface area (Å²) in [7, 11) is 7.49. The van der Waals surface area contributed by atoms with E-state index in [2.05, 4.69) is 21.3 Å². The number of ether oxygens (including phenoxy) is 2. The van der Waals surface area contributed by atoms with Gasteiger partial charge >= 0.3 is 11.9 Å². The first-order valence-electron chi connectivity index (χ1n) is 28.1. The van der Waals surface area contributed by atoms with Crippen molar-refractivity contribution < 1.29 is 62.5 Å². The maximum atomic E-state index is 14.4. The van der Waals surface area contributed by atoms with Crippen LogP contribution in [-0.4, -0.2) is 186 Å². The Bertz CT molecular complexity index is 2430. The van der Waals surface area contributed by atoms with E-state index in [1.54, 1.807) is 38.1 Å². The zero-order valence-electron chi connectivity index (χ0n) is 49.8. The van der Waals surface area contributed by atoms with Gasteiger partial charge in [-0.3, -0.25) is 48.1 Å². The Morgan fingerprint density at radius 2 is 1.26 bits per heavy atom. The van der Waals surface area contributed by atoms with E-state index in [0.29, 0.717) is 32.2 Å². The first-order chi connectivity index (χ1) is 38.1. The number of hydrogen-bond donors (Lipinski definition) is 6. The van der Waals surface area contributed by atoms with E-state index >= 15 is 0 Å². The number of primary amides is 1. The molecular weight excluding hydrogens is 1040 g/mol. The molecule has 1 aliphatic heterocycles.